The lowest BCUT2D eigenvalue weighted by atomic mass is 9.93. The lowest BCUT2D eigenvalue weighted by Crippen LogP contribution is -2.48. The Morgan fingerprint density at radius 2 is 2.11 bits per heavy atom. The molecule has 1 aromatic heterocycles. The monoisotopic (exact) mass is 252 g/mol. The van der Waals surface area contributed by atoms with Crippen molar-refractivity contribution in [3.05, 3.63) is 30.1 Å². The molecular formula is C13H20N2O3. The highest BCUT2D eigenvalue weighted by atomic mass is 16.5. The van der Waals surface area contributed by atoms with Crippen molar-refractivity contribution in [3.8, 4) is 0 Å². The van der Waals surface area contributed by atoms with Crippen molar-refractivity contribution in [2.24, 2.45) is 0 Å². The average molecular weight is 252 g/mol. The smallest absolute Gasteiger partial charge is 0.330 e. The molecule has 100 valence electrons. The Hall–Kier alpha value is -1.46. The van der Waals surface area contributed by atoms with Crippen LogP contribution in [0.15, 0.2) is 24.5 Å². The van der Waals surface area contributed by atoms with E-state index >= 15 is 0 Å². The van der Waals surface area contributed by atoms with Crippen molar-refractivity contribution in [1.29, 1.82) is 0 Å². The van der Waals surface area contributed by atoms with Gasteiger partial charge < -0.3 is 9.47 Å². The maximum atomic E-state index is 12.1. The first-order chi connectivity index (χ1) is 8.65. The summed E-state index contributed by atoms with van der Waals surface area (Å²) in [6.07, 6.45) is 3.32. The van der Waals surface area contributed by atoms with Crippen LogP contribution in [0.25, 0.3) is 0 Å². The number of carbonyl (C=O) groups excluding carboxylic acids is 1. The summed E-state index contributed by atoms with van der Waals surface area (Å²) in [5.74, 6) is -0.299. The van der Waals surface area contributed by atoms with Crippen molar-refractivity contribution < 1.29 is 14.3 Å². The zero-order valence-electron chi connectivity index (χ0n) is 11.1. The number of esters is 1. The molecule has 1 rings (SSSR count). The molecule has 0 bridgehead atoms. The second-order valence-corrected chi connectivity index (χ2v) is 4.00. The predicted molar refractivity (Wildman–Crippen MR) is 68.1 cm³/mol. The number of hydrogen-bond donors (Lipinski definition) is 1. The topological polar surface area (TPSA) is 60.5 Å². The van der Waals surface area contributed by atoms with E-state index in [1.54, 1.807) is 45.5 Å². The van der Waals surface area contributed by atoms with Gasteiger partial charge >= 0.3 is 5.97 Å². The Kier molecular flexibility index (Phi) is 5.74. The second-order valence-electron chi connectivity index (χ2n) is 4.00. The first kappa shape index (κ1) is 14.6. The fraction of sp³-hybridized carbons (Fsp3) is 0.538. The quantitative estimate of drug-likeness (QED) is 0.581. The van der Waals surface area contributed by atoms with Gasteiger partial charge in [0.1, 0.15) is 5.54 Å². The largest absolute Gasteiger partial charge is 0.464 e. The molecule has 1 N–H and O–H groups in total. The van der Waals surface area contributed by atoms with E-state index in [0.29, 0.717) is 19.8 Å². The molecule has 0 spiro atoms. The van der Waals surface area contributed by atoms with Crippen molar-refractivity contribution in [3.63, 3.8) is 0 Å². The van der Waals surface area contributed by atoms with Crippen LogP contribution in [0.5, 0.6) is 0 Å². The van der Waals surface area contributed by atoms with Crippen LogP contribution in [0.3, 0.4) is 0 Å². The molecule has 1 aromatic rings. The maximum absolute atomic E-state index is 12.1. The van der Waals surface area contributed by atoms with Crippen molar-refractivity contribution in [1.82, 2.24) is 10.3 Å². The average Bonchev–Trinajstić information content (AvgIpc) is 2.40. The fourth-order valence-corrected chi connectivity index (χ4v) is 1.66. The summed E-state index contributed by atoms with van der Waals surface area (Å²) in [6.45, 7) is 5.04. The van der Waals surface area contributed by atoms with Gasteiger partial charge in [0.05, 0.1) is 13.2 Å². The standard InChI is InChI=1S/C13H20N2O3/c1-4-18-12(16)13(2,15-9-10-17-3)11-5-7-14-8-6-11/h5-8,15H,4,9-10H2,1-3H3. The summed E-state index contributed by atoms with van der Waals surface area (Å²) in [4.78, 5) is 16.1. The van der Waals surface area contributed by atoms with Gasteiger partial charge in [-0.05, 0) is 31.5 Å². The number of ether oxygens (including phenoxy) is 2. The second kappa shape index (κ2) is 7.08. The minimum atomic E-state index is -0.878. The number of carbonyl (C=O) groups is 1. The molecule has 5 heteroatoms. The minimum Gasteiger partial charge on any atom is -0.464 e. The number of nitrogens with zero attached hydrogens (tertiary/aromatic N) is 1. The Bertz CT molecular complexity index is 370. The Morgan fingerprint density at radius 3 is 2.67 bits per heavy atom. The summed E-state index contributed by atoms with van der Waals surface area (Å²) in [7, 11) is 1.62. The summed E-state index contributed by atoms with van der Waals surface area (Å²) in [5.41, 5.74) is -0.0515. The SMILES string of the molecule is CCOC(=O)C(C)(NCCOC)c1ccncc1. The number of pyridine rings is 1. The number of hydrogen-bond acceptors (Lipinski definition) is 5. The van der Waals surface area contributed by atoms with Crippen LogP contribution in [0.1, 0.15) is 19.4 Å². The van der Waals surface area contributed by atoms with Crippen LogP contribution in [-0.4, -0.2) is 37.8 Å². The molecule has 1 unspecified atom stereocenters. The Labute approximate surface area is 108 Å². The van der Waals surface area contributed by atoms with Gasteiger partial charge in [0.25, 0.3) is 0 Å². The third kappa shape index (κ3) is 3.51. The van der Waals surface area contributed by atoms with Crippen LogP contribution >= 0.6 is 0 Å². The first-order valence-electron chi connectivity index (χ1n) is 5.96. The summed E-state index contributed by atoms with van der Waals surface area (Å²) < 4.78 is 10.1. The third-order valence-corrected chi connectivity index (χ3v) is 2.73. The van der Waals surface area contributed by atoms with E-state index in [2.05, 4.69) is 10.3 Å². The summed E-state index contributed by atoms with van der Waals surface area (Å²) in [6, 6.07) is 3.60. The molecule has 18 heavy (non-hydrogen) atoms. The molecular weight excluding hydrogens is 232 g/mol. The van der Waals surface area contributed by atoms with Crippen molar-refractivity contribution in [2.45, 2.75) is 19.4 Å². The number of methoxy groups -OCH3 is 1. The van der Waals surface area contributed by atoms with E-state index in [4.69, 9.17) is 9.47 Å². The van der Waals surface area contributed by atoms with Gasteiger partial charge in [0.2, 0.25) is 0 Å². The number of aromatic nitrogens is 1. The van der Waals surface area contributed by atoms with Gasteiger partial charge in [0, 0.05) is 26.0 Å². The summed E-state index contributed by atoms with van der Waals surface area (Å²) >= 11 is 0. The highest BCUT2D eigenvalue weighted by molar-refractivity contribution is 5.82. The molecule has 1 heterocycles. The summed E-state index contributed by atoms with van der Waals surface area (Å²) in [5, 5.41) is 3.17. The van der Waals surface area contributed by atoms with Crippen LogP contribution in [-0.2, 0) is 19.8 Å². The maximum Gasteiger partial charge on any atom is 0.330 e. The normalized spacial score (nSPS) is 13.9. The molecule has 0 saturated carbocycles. The van der Waals surface area contributed by atoms with Gasteiger partial charge in [-0.2, -0.15) is 0 Å². The molecule has 0 aromatic carbocycles. The zero-order chi connectivity index (χ0) is 13.4. The van der Waals surface area contributed by atoms with E-state index in [0.717, 1.165) is 5.56 Å². The first-order valence-corrected chi connectivity index (χ1v) is 5.96. The molecule has 0 fully saturated rings. The number of nitrogens with one attached hydrogen (secondary N) is 1. The van der Waals surface area contributed by atoms with Gasteiger partial charge in [-0.1, -0.05) is 0 Å². The highest BCUT2D eigenvalue weighted by Crippen LogP contribution is 2.21. The highest BCUT2D eigenvalue weighted by Gasteiger charge is 2.36. The van der Waals surface area contributed by atoms with Gasteiger partial charge in [-0.25, -0.2) is 4.79 Å². The molecule has 0 radical (unpaired) electrons. The van der Waals surface area contributed by atoms with Crippen molar-refractivity contribution in [2.75, 3.05) is 26.9 Å². The van der Waals surface area contributed by atoms with E-state index < -0.39 is 5.54 Å². The van der Waals surface area contributed by atoms with Crippen molar-refractivity contribution >= 4 is 5.97 Å². The molecule has 1 atom stereocenters. The Balaban J connectivity index is 2.90. The van der Waals surface area contributed by atoms with Gasteiger partial charge in [0.15, 0.2) is 0 Å². The minimum absolute atomic E-state index is 0.299. The molecule has 0 aliphatic carbocycles. The number of rotatable bonds is 7. The fourth-order valence-electron chi connectivity index (χ4n) is 1.66. The van der Waals surface area contributed by atoms with E-state index in [1.807, 2.05) is 0 Å². The van der Waals surface area contributed by atoms with Crippen LogP contribution < -0.4 is 5.32 Å². The predicted octanol–water partition coefficient (Wildman–Crippen LogP) is 1.10. The van der Waals surface area contributed by atoms with Crippen LogP contribution in [0, 0.1) is 0 Å². The molecule has 0 saturated heterocycles. The molecule has 0 aliphatic rings. The Morgan fingerprint density at radius 1 is 1.44 bits per heavy atom. The molecule has 0 amide bonds. The molecule has 5 nitrogen and oxygen atoms in total. The van der Waals surface area contributed by atoms with E-state index in [9.17, 15) is 4.79 Å². The lowest BCUT2D eigenvalue weighted by molar-refractivity contribution is -0.151. The van der Waals surface area contributed by atoms with Gasteiger partial charge in [-0.15, -0.1) is 0 Å². The lowest BCUT2D eigenvalue weighted by Gasteiger charge is -2.28. The van der Waals surface area contributed by atoms with Crippen LogP contribution in [0.4, 0.5) is 0 Å². The van der Waals surface area contributed by atoms with E-state index in [-0.39, 0.29) is 5.97 Å². The van der Waals surface area contributed by atoms with Crippen LogP contribution in [0.2, 0.25) is 0 Å². The molecule has 0 aliphatic heterocycles. The zero-order valence-corrected chi connectivity index (χ0v) is 11.1. The third-order valence-electron chi connectivity index (χ3n) is 2.73. The van der Waals surface area contributed by atoms with Gasteiger partial charge in [-0.3, -0.25) is 10.3 Å². The van der Waals surface area contributed by atoms with E-state index in [1.165, 1.54) is 0 Å².